The van der Waals surface area contributed by atoms with Crippen LogP contribution in [0.2, 0.25) is 0 Å². The highest BCUT2D eigenvalue weighted by molar-refractivity contribution is 5.85. The van der Waals surface area contributed by atoms with E-state index in [0.717, 1.165) is 0 Å². The lowest BCUT2D eigenvalue weighted by molar-refractivity contribution is -0.0654. The van der Waals surface area contributed by atoms with E-state index in [2.05, 4.69) is 67.4 Å². The minimum Gasteiger partial charge on any atom is -0.389 e. The van der Waals surface area contributed by atoms with Crippen LogP contribution in [0.5, 0.6) is 0 Å². The van der Waals surface area contributed by atoms with Gasteiger partial charge in [0.05, 0.1) is 5.60 Å². The number of nitrogens with one attached hydrogen (secondary N) is 1. The standard InChI is InChI=1S/C21H25NO.ClH/c1-3-14-21(23)15-19(17-10-6-4-7-11-17)22-20(16(21)2)18-12-8-5-9-13-18;/h3-13,16,19-20,22-23H,1,14-15H2,2H3;1H. The van der Waals surface area contributed by atoms with Crippen LogP contribution in [0.3, 0.4) is 0 Å². The number of hydrogen-bond acceptors (Lipinski definition) is 2. The summed E-state index contributed by atoms with van der Waals surface area (Å²) in [6.45, 7) is 5.98. The van der Waals surface area contributed by atoms with Gasteiger partial charge < -0.3 is 10.4 Å². The summed E-state index contributed by atoms with van der Waals surface area (Å²) in [7, 11) is 0. The highest BCUT2D eigenvalue weighted by Crippen LogP contribution is 2.44. The maximum Gasteiger partial charge on any atom is 0.0743 e. The van der Waals surface area contributed by atoms with Crippen LogP contribution >= 0.6 is 12.4 Å². The fourth-order valence-electron chi connectivity index (χ4n) is 3.73. The quantitative estimate of drug-likeness (QED) is 0.779. The second kappa shape index (κ2) is 7.98. The van der Waals surface area contributed by atoms with Crippen LogP contribution < -0.4 is 5.32 Å². The van der Waals surface area contributed by atoms with Crippen molar-refractivity contribution >= 4 is 12.4 Å². The average molecular weight is 344 g/mol. The van der Waals surface area contributed by atoms with E-state index in [1.165, 1.54) is 11.1 Å². The van der Waals surface area contributed by atoms with Crippen LogP contribution in [-0.4, -0.2) is 10.7 Å². The molecule has 1 aliphatic rings. The summed E-state index contributed by atoms with van der Waals surface area (Å²) in [5, 5.41) is 15.0. The minimum absolute atomic E-state index is 0. The van der Waals surface area contributed by atoms with Crippen LogP contribution in [0.4, 0.5) is 0 Å². The van der Waals surface area contributed by atoms with E-state index >= 15 is 0 Å². The van der Waals surface area contributed by atoms with E-state index in [1.54, 1.807) is 0 Å². The van der Waals surface area contributed by atoms with Gasteiger partial charge in [-0.15, -0.1) is 19.0 Å². The summed E-state index contributed by atoms with van der Waals surface area (Å²) in [6, 6.07) is 21.1. The van der Waals surface area contributed by atoms with Crippen LogP contribution in [0.1, 0.15) is 43.0 Å². The Labute approximate surface area is 151 Å². The molecule has 0 amide bonds. The molecule has 4 atom stereocenters. The fraction of sp³-hybridized carbons (Fsp3) is 0.333. The lowest BCUT2D eigenvalue weighted by Gasteiger charge is -2.47. The third-order valence-electron chi connectivity index (χ3n) is 5.14. The van der Waals surface area contributed by atoms with Crippen molar-refractivity contribution in [3.8, 4) is 0 Å². The molecule has 1 fully saturated rings. The molecule has 1 heterocycles. The molecule has 2 aromatic rings. The molecule has 0 saturated carbocycles. The summed E-state index contributed by atoms with van der Waals surface area (Å²) >= 11 is 0. The van der Waals surface area contributed by atoms with Crippen molar-refractivity contribution in [2.75, 3.05) is 0 Å². The van der Waals surface area contributed by atoms with E-state index in [-0.39, 0.29) is 30.4 Å². The molecule has 2 N–H and O–H groups in total. The third-order valence-corrected chi connectivity index (χ3v) is 5.14. The van der Waals surface area contributed by atoms with Crippen LogP contribution in [-0.2, 0) is 0 Å². The van der Waals surface area contributed by atoms with Crippen molar-refractivity contribution in [2.45, 2.75) is 37.5 Å². The maximum atomic E-state index is 11.3. The number of aliphatic hydroxyl groups is 1. The van der Waals surface area contributed by atoms with Crippen LogP contribution in [0.25, 0.3) is 0 Å². The monoisotopic (exact) mass is 343 g/mol. The van der Waals surface area contributed by atoms with Gasteiger partial charge >= 0.3 is 0 Å². The Morgan fingerprint density at radius 3 is 2.17 bits per heavy atom. The normalized spacial score (nSPS) is 29.5. The highest BCUT2D eigenvalue weighted by Gasteiger charge is 2.45. The van der Waals surface area contributed by atoms with Gasteiger partial charge in [-0.25, -0.2) is 0 Å². The zero-order valence-corrected chi connectivity index (χ0v) is 14.9. The zero-order valence-electron chi connectivity index (χ0n) is 14.1. The Balaban J connectivity index is 0.00000208. The molecule has 24 heavy (non-hydrogen) atoms. The first-order chi connectivity index (χ1) is 11.1. The molecule has 2 nitrogen and oxygen atoms in total. The molecule has 2 aromatic carbocycles. The summed E-state index contributed by atoms with van der Waals surface area (Å²) in [5.41, 5.74) is 1.71. The van der Waals surface area contributed by atoms with E-state index in [9.17, 15) is 5.11 Å². The van der Waals surface area contributed by atoms with Crippen LogP contribution in [0.15, 0.2) is 73.3 Å². The van der Waals surface area contributed by atoms with Crippen molar-refractivity contribution in [2.24, 2.45) is 5.92 Å². The molecular weight excluding hydrogens is 318 g/mol. The SMILES string of the molecule is C=CCC1(O)CC(c2ccccc2)NC(c2ccccc2)C1C.Cl. The van der Waals surface area contributed by atoms with Gasteiger partial charge in [0.25, 0.3) is 0 Å². The van der Waals surface area contributed by atoms with Crippen molar-refractivity contribution < 1.29 is 5.11 Å². The van der Waals surface area contributed by atoms with Crippen molar-refractivity contribution in [3.05, 3.63) is 84.4 Å². The second-order valence-corrected chi connectivity index (χ2v) is 6.61. The van der Waals surface area contributed by atoms with E-state index in [0.29, 0.717) is 12.8 Å². The molecular formula is C21H26ClNO. The number of halogens is 1. The molecule has 3 rings (SSSR count). The first-order valence-electron chi connectivity index (χ1n) is 8.33. The molecule has 0 aromatic heterocycles. The zero-order chi connectivity index (χ0) is 16.3. The van der Waals surface area contributed by atoms with E-state index < -0.39 is 5.60 Å². The predicted molar refractivity (Wildman–Crippen MR) is 102 cm³/mol. The fourth-order valence-corrected chi connectivity index (χ4v) is 3.73. The minimum atomic E-state index is -0.742. The van der Waals surface area contributed by atoms with E-state index in [1.807, 2.05) is 18.2 Å². The Hall–Kier alpha value is -1.61. The summed E-state index contributed by atoms with van der Waals surface area (Å²) < 4.78 is 0. The number of hydrogen-bond donors (Lipinski definition) is 2. The number of benzene rings is 2. The smallest absolute Gasteiger partial charge is 0.0743 e. The molecule has 0 aliphatic carbocycles. The average Bonchev–Trinajstić information content (AvgIpc) is 2.59. The summed E-state index contributed by atoms with van der Waals surface area (Å²) in [5.74, 6) is 0.114. The van der Waals surface area contributed by atoms with Gasteiger partial charge in [0.2, 0.25) is 0 Å². The molecule has 1 aliphatic heterocycles. The van der Waals surface area contributed by atoms with Crippen LogP contribution in [0, 0.1) is 5.92 Å². The third kappa shape index (κ3) is 3.72. The first kappa shape index (κ1) is 18.7. The maximum absolute atomic E-state index is 11.3. The van der Waals surface area contributed by atoms with Gasteiger partial charge in [-0.1, -0.05) is 73.7 Å². The molecule has 0 bridgehead atoms. The molecule has 1 saturated heterocycles. The van der Waals surface area contributed by atoms with Gasteiger partial charge in [0, 0.05) is 18.0 Å². The lowest BCUT2D eigenvalue weighted by Crippen LogP contribution is -2.51. The first-order valence-corrected chi connectivity index (χ1v) is 8.33. The van der Waals surface area contributed by atoms with Gasteiger partial charge in [0.15, 0.2) is 0 Å². The van der Waals surface area contributed by atoms with Crippen molar-refractivity contribution in [3.63, 3.8) is 0 Å². The van der Waals surface area contributed by atoms with E-state index in [4.69, 9.17) is 0 Å². The van der Waals surface area contributed by atoms with Gasteiger partial charge in [-0.3, -0.25) is 0 Å². The molecule has 0 spiro atoms. The molecule has 3 heteroatoms. The topological polar surface area (TPSA) is 32.3 Å². The predicted octanol–water partition coefficient (Wildman–Crippen LogP) is 4.83. The second-order valence-electron chi connectivity index (χ2n) is 6.61. The molecule has 0 radical (unpaired) electrons. The Morgan fingerprint density at radius 2 is 1.62 bits per heavy atom. The summed E-state index contributed by atoms with van der Waals surface area (Å²) in [4.78, 5) is 0. The van der Waals surface area contributed by atoms with Crippen molar-refractivity contribution in [1.29, 1.82) is 0 Å². The largest absolute Gasteiger partial charge is 0.389 e. The van der Waals surface area contributed by atoms with Crippen molar-refractivity contribution in [1.82, 2.24) is 5.32 Å². The lowest BCUT2D eigenvalue weighted by atomic mass is 9.70. The Morgan fingerprint density at radius 1 is 1.08 bits per heavy atom. The summed E-state index contributed by atoms with van der Waals surface area (Å²) in [6.07, 6.45) is 3.15. The number of piperidine rings is 1. The number of rotatable bonds is 4. The Kier molecular flexibility index (Phi) is 6.22. The molecule has 4 unspecified atom stereocenters. The Bertz CT molecular complexity index is 645. The van der Waals surface area contributed by atoms with Gasteiger partial charge in [-0.2, -0.15) is 0 Å². The van der Waals surface area contributed by atoms with Gasteiger partial charge in [-0.05, 0) is 24.0 Å². The highest BCUT2D eigenvalue weighted by atomic mass is 35.5. The van der Waals surface area contributed by atoms with Gasteiger partial charge in [0.1, 0.15) is 0 Å². The molecule has 128 valence electrons.